The summed E-state index contributed by atoms with van der Waals surface area (Å²) in [7, 11) is 0. The molecule has 6 nitrogen and oxygen atoms in total. The van der Waals surface area contributed by atoms with Crippen molar-refractivity contribution in [3.63, 3.8) is 0 Å². The van der Waals surface area contributed by atoms with Crippen LogP contribution in [0.25, 0.3) is 11.3 Å². The molecule has 4 rings (SSSR count). The van der Waals surface area contributed by atoms with Gasteiger partial charge in [0.05, 0.1) is 11.6 Å². The molecule has 2 aliphatic rings. The van der Waals surface area contributed by atoms with E-state index in [0.29, 0.717) is 31.3 Å². The van der Waals surface area contributed by atoms with Crippen LogP contribution >= 0.6 is 0 Å². The monoisotopic (exact) mass is 368 g/mol. The molecular formula is C21H24N2O4. The molecule has 1 saturated heterocycles. The summed E-state index contributed by atoms with van der Waals surface area (Å²) in [6.07, 6.45) is 2.90. The Kier molecular flexibility index (Phi) is 4.72. The number of aliphatic carboxylic acids is 1. The van der Waals surface area contributed by atoms with Crippen molar-refractivity contribution in [2.45, 2.75) is 32.6 Å². The van der Waals surface area contributed by atoms with E-state index in [4.69, 9.17) is 4.42 Å². The van der Waals surface area contributed by atoms with E-state index < -0.39 is 11.9 Å². The minimum Gasteiger partial charge on any atom is -0.481 e. The summed E-state index contributed by atoms with van der Waals surface area (Å²) in [5.41, 5.74) is 1.78. The highest BCUT2D eigenvalue weighted by Crippen LogP contribution is 2.44. The number of carbonyl (C=O) groups is 2. The molecular weight excluding hydrogens is 344 g/mol. The van der Waals surface area contributed by atoms with E-state index in [1.54, 1.807) is 4.90 Å². The maximum Gasteiger partial charge on any atom is 0.308 e. The summed E-state index contributed by atoms with van der Waals surface area (Å²) >= 11 is 0. The predicted octanol–water partition coefficient (Wildman–Crippen LogP) is 3.15. The van der Waals surface area contributed by atoms with Crippen LogP contribution in [0.4, 0.5) is 0 Å². The Morgan fingerprint density at radius 2 is 1.96 bits per heavy atom. The maximum absolute atomic E-state index is 12.6. The summed E-state index contributed by atoms with van der Waals surface area (Å²) < 4.78 is 5.87. The molecule has 1 N–H and O–H groups in total. The first-order chi connectivity index (χ1) is 13.0. The summed E-state index contributed by atoms with van der Waals surface area (Å²) in [4.78, 5) is 30.3. The summed E-state index contributed by atoms with van der Waals surface area (Å²) in [5, 5.41) is 9.45. The number of benzene rings is 1. The van der Waals surface area contributed by atoms with E-state index in [0.717, 1.165) is 29.9 Å². The van der Waals surface area contributed by atoms with Gasteiger partial charge in [-0.25, -0.2) is 4.98 Å². The largest absolute Gasteiger partial charge is 0.481 e. The standard InChI is InChI=1S/C21H24N2O4/c1-13-20(15-5-3-2-4-6-15)27-18(22-13)9-10-19(24)23-11-16(14-7-8-14)17(12-23)21(25)26/h2-6,14,16-17H,7-12H2,1H3,(H,25,26)/t16-,17+/m1/s1. The first-order valence-corrected chi connectivity index (χ1v) is 9.55. The van der Waals surface area contributed by atoms with E-state index in [2.05, 4.69) is 4.98 Å². The van der Waals surface area contributed by atoms with Gasteiger partial charge in [0.2, 0.25) is 5.91 Å². The Morgan fingerprint density at radius 1 is 1.22 bits per heavy atom. The van der Waals surface area contributed by atoms with Gasteiger partial charge < -0.3 is 14.4 Å². The summed E-state index contributed by atoms with van der Waals surface area (Å²) in [5.74, 6) is 0.660. The van der Waals surface area contributed by atoms with Crippen LogP contribution in [0, 0.1) is 24.7 Å². The molecule has 1 amide bonds. The highest BCUT2D eigenvalue weighted by atomic mass is 16.4. The molecule has 1 aromatic heterocycles. The molecule has 2 fully saturated rings. The molecule has 2 aromatic rings. The number of oxazole rings is 1. The third-order valence-electron chi connectivity index (χ3n) is 5.69. The van der Waals surface area contributed by atoms with Crippen molar-refractivity contribution in [1.29, 1.82) is 0 Å². The van der Waals surface area contributed by atoms with Crippen molar-refractivity contribution in [1.82, 2.24) is 9.88 Å². The Morgan fingerprint density at radius 3 is 2.63 bits per heavy atom. The quantitative estimate of drug-likeness (QED) is 0.847. The average Bonchev–Trinajstić information content (AvgIpc) is 3.29. The van der Waals surface area contributed by atoms with Gasteiger partial charge in [-0.3, -0.25) is 9.59 Å². The number of carboxylic acid groups (broad SMARTS) is 1. The van der Waals surface area contributed by atoms with Crippen LogP contribution in [-0.2, 0) is 16.0 Å². The normalized spacial score (nSPS) is 22.2. The number of carboxylic acids is 1. The molecule has 1 aromatic carbocycles. The van der Waals surface area contributed by atoms with Crippen LogP contribution in [0.2, 0.25) is 0 Å². The third kappa shape index (κ3) is 3.75. The van der Waals surface area contributed by atoms with Crippen molar-refractivity contribution in [3.8, 4) is 11.3 Å². The van der Waals surface area contributed by atoms with Gasteiger partial charge in [0.1, 0.15) is 0 Å². The molecule has 2 atom stereocenters. The van der Waals surface area contributed by atoms with Gasteiger partial charge in [-0.1, -0.05) is 30.3 Å². The first-order valence-electron chi connectivity index (χ1n) is 9.55. The number of amides is 1. The first kappa shape index (κ1) is 17.8. The van der Waals surface area contributed by atoms with Crippen LogP contribution in [0.1, 0.15) is 30.8 Å². The number of hydrogen-bond acceptors (Lipinski definition) is 4. The fourth-order valence-corrected chi connectivity index (χ4v) is 4.08. The van der Waals surface area contributed by atoms with E-state index in [-0.39, 0.29) is 18.2 Å². The molecule has 27 heavy (non-hydrogen) atoms. The number of aryl methyl sites for hydroxylation is 2. The van der Waals surface area contributed by atoms with Crippen LogP contribution in [0.5, 0.6) is 0 Å². The van der Waals surface area contributed by atoms with E-state index >= 15 is 0 Å². The Bertz CT molecular complexity index is 841. The number of carbonyl (C=O) groups excluding carboxylic acids is 1. The van der Waals surface area contributed by atoms with E-state index in [9.17, 15) is 14.7 Å². The van der Waals surface area contributed by atoms with Crippen molar-refractivity contribution < 1.29 is 19.1 Å². The molecule has 0 radical (unpaired) electrons. The second kappa shape index (κ2) is 7.18. The topological polar surface area (TPSA) is 83.6 Å². The molecule has 0 bridgehead atoms. The Labute approximate surface area is 158 Å². The molecule has 1 aliphatic carbocycles. The van der Waals surface area contributed by atoms with Gasteiger partial charge in [0, 0.05) is 31.5 Å². The zero-order valence-electron chi connectivity index (χ0n) is 15.4. The second-order valence-electron chi connectivity index (χ2n) is 7.63. The smallest absolute Gasteiger partial charge is 0.308 e. The summed E-state index contributed by atoms with van der Waals surface area (Å²) in [6.45, 7) is 2.80. The molecule has 142 valence electrons. The fourth-order valence-electron chi connectivity index (χ4n) is 4.08. The summed E-state index contributed by atoms with van der Waals surface area (Å²) in [6, 6.07) is 9.78. The lowest BCUT2D eigenvalue weighted by Gasteiger charge is -2.15. The molecule has 1 aliphatic heterocycles. The van der Waals surface area contributed by atoms with Crippen LogP contribution in [0.3, 0.4) is 0 Å². The zero-order valence-corrected chi connectivity index (χ0v) is 15.4. The lowest BCUT2D eigenvalue weighted by atomic mass is 9.92. The lowest BCUT2D eigenvalue weighted by Crippen LogP contribution is -2.30. The number of nitrogens with zero attached hydrogens (tertiary/aromatic N) is 2. The van der Waals surface area contributed by atoms with Crippen molar-refractivity contribution in [3.05, 3.63) is 41.9 Å². The Balaban J connectivity index is 1.38. The van der Waals surface area contributed by atoms with Crippen LogP contribution < -0.4 is 0 Å². The minimum atomic E-state index is -0.780. The molecule has 1 saturated carbocycles. The van der Waals surface area contributed by atoms with Crippen molar-refractivity contribution in [2.24, 2.45) is 17.8 Å². The second-order valence-corrected chi connectivity index (χ2v) is 7.63. The van der Waals surface area contributed by atoms with Crippen LogP contribution in [0.15, 0.2) is 34.7 Å². The van der Waals surface area contributed by atoms with Gasteiger partial charge >= 0.3 is 5.97 Å². The van der Waals surface area contributed by atoms with Gasteiger partial charge in [0.15, 0.2) is 11.7 Å². The zero-order chi connectivity index (χ0) is 19.0. The van der Waals surface area contributed by atoms with E-state index in [1.807, 2.05) is 37.3 Å². The van der Waals surface area contributed by atoms with Crippen molar-refractivity contribution >= 4 is 11.9 Å². The van der Waals surface area contributed by atoms with Crippen LogP contribution in [-0.4, -0.2) is 40.0 Å². The fraction of sp³-hybridized carbons (Fsp3) is 0.476. The van der Waals surface area contributed by atoms with Gasteiger partial charge in [0.25, 0.3) is 0 Å². The highest BCUT2D eigenvalue weighted by molar-refractivity contribution is 5.79. The highest BCUT2D eigenvalue weighted by Gasteiger charge is 2.46. The molecule has 6 heteroatoms. The molecule has 0 spiro atoms. The predicted molar refractivity (Wildman–Crippen MR) is 98.9 cm³/mol. The van der Waals surface area contributed by atoms with Crippen molar-refractivity contribution in [2.75, 3.05) is 13.1 Å². The van der Waals surface area contributed by atoms with Gasteiger partial charge in [-0.05, 0) is 31.6 Å². The number of hydrogen-bond donors (Lipinski definition) is 1. The lowest BCUT2D eigenvalue weighted by molar-refractivity contribution is -0.142. The Hall–Kier alpha value is -2.63. The maximum atomic E-state index is 12.6. The molecule has 2 heterocycles. The number of rotatable bonds is 6. The third-order valence-corrected chi connectivity index (χ3v) is 5.69. The number of likely N-dealkylation sites (tertiary alicyclic amines) is 1. The average molecular weight is 368 g/mol. The van der Waals surface area contributed by atoms with E-state index in [1.165, 1.54) is 0 Å². The van der Waals surface area contributed by atoms with Gasteiger partial charge in [-0.15, -0.1) is 0 Å². The SMILES string of the molecule is Cc1nc(CCC(=O)N2C[C@H](C(=O)O)[C@@H](C3CC3)C2)oc1-c1ccccc1. The van der Waals surface area contributed by atoms with Gasteiger partial charge in [-0.2, -0.15) is 0 Å². The molecule has 0 unspecified atom stereocenters. The number of aromatic nitrogens is 1. The minimum absolute atomic E-state index is 0.0125.